The first-order chi connectivity index (χ1) is 8.78. The van der Waals surface area contributed by atoms with Gasteiger partial charge in [-0.2, -0.15) is 12.7 Å². The molecule has 19 heavy (non-hydrogen) atoms. The van der Waals surface area contributed by atoms with Crippen LogP contribution in [-0.2, 0) is 15.0 Å². The normalized spacial score (nSPS) is 11.6. The first kappa shape index (κ1) is 15.5. The minimum atomic E-state index is -3.83. The third kappa shape index (κ3) is 3.68. The number of hydrogen-bond donors (Lipinski definition) is 1. The standard InChI is InChI=1S/C12H18N2O4S/c1-4-14(11-7-5-6-10(2)8-11)19(17,18)13(3)9-12(15)16/h5-8H,4,9H2,1-3H3,(H,15,16). The average Bonchev–Trinajstić information content (AvgIpc) is 2.28. The van der Waals surface area contributed by atoms with Gasteiger partial charge in [0.1, 0.15) is 6.54 Å². The Balaban J connectivity index is 3.12. The third-order valence-electron chi connectivity index (χ3n) is 2.61. The van der Waals surface area contributed by atoms with Gasteiger partial charge in [-0.15, -0.1) is 0 Å². The van der Waals surface area contributed by atoms with Crippen molar-refractivity contribution in [1.29, 1.82) is 0 Å². The first-order valence-corrected chi connectivity index (χ1v) is 7.21. The van der Waals surface area contributed by atoms with Crippen molar-refractivity contribution < 1.29 is 18.3 Å². The number of hydrogen-bond acceptors (Lipinski definition) is 3. The van der Waals surface area contributed by atoms with Crippen LogP contribution in [0.15, 0.2) is 24.3 Å². The van der Waals surface area contributed by atoms with E-state index < -0.39 is 22.7 Å². The van der Waals surface area contributed by atoms with Gasteiger partial charge in [0.15, 0.2) is 0 Å². The van der Waals surface area contributed by atoms with E-state index >= 15 is 0 Å². The molecule has 0 atom stereocenters. The van der Waals surface area contributed by atoms with Gasteiger partial charge in [0, 0.05) is 13.6 Å². The van der Waals surface area contributed by atoms with Crippen molar-refractivity contribution in [3.05, 3.63) is 29.8 Å². The van der Waals surface area contributed by atoms with Crippen LogP contribution < -0.4 is 4.31 Å². The minimum absolute atomic E-state index is 0.232. The molecular weight excluding hydrogens is 268 g/mol. The summed E-state index contributed by atoms with van der Waals surface area (Å²) in [6.45, 7) is 3.24. The topological polar surface area (TPSA) is 77.9 Å². The Morgan fingerprint density at radius 2 is 2.00 bits per heavy atom. The molecule has 0 amide bonds. The van der Waals surface area contributed by atoms with Gasteiger partial charge in [0.25, 0.3) is 0 Å². The average molecular weight is 286 g/mol. The summed E-state index contributed by atoms with van der Waals surface area (Å²) in [5.41, 5.74) is 1.46. The lowest BCUT2D eigenvalue weighted by Crippen LogP contribution is -2.44. The molecule has 0 saturated carbocycles. The Kier molecular flexibility index (Phi) is 4.90. The zero-order valence-electron chi connectivity index (χ0n) is 11.2. The van der Waals surface area contributed by atoms with E-state index in [1.54, 1.807) is 25.1 Å². The molecule has 0 saturated heterocycles. The number of aryl methyl sites for hydroxylation is 1. The van der Waals surface area contributed by atoms with E-state index in [0.29, 0.717) is 5.69 Å². The molecule has 0 aromatic heterocycles. The molecule has 0 aliphatic carbocycles. The first-order valence-electron chi connectivity index (χ1n) is 5.81. The minimum Gasteiger partial charge on any atom is -0.480 e. The molecule has 0 heterocycles. The Bertz CT molecular complexity index is 557. The van der Waals surface area contributed by atoms with Gasteiger partial charge in [0.05, 0.1) is 5.69 Å². The van der Waals surface area contributed by atoms with Crippen LogP contribution in [0.3, 0.4) is 0 Å². The number of nitrogens with zero attached hydrogens (tertiary/aromatic N) is 2. The van der Waals surface area contributed by atoms with Crippen molar-refractivity contribution in [1.82, 2.24) is 4.31 Å². The molecule has 1 aromatic carbocycles. The predicted octanol–water partition coefficient (Wildman–Crippen LogP) is 1.08. The highest BCUT2D eigenvalue weighted by molar-refractivity contribution is 7.90. The number of rotatable bonds is 6. The van der Waals surface area contributed by atoms with Crippen LogP contribution >= 0.6 is 0 Å². The molecule has 0 aliphatic rings. The fourth-order valence-corrected chi connectivity index (χ4v) is 3.02. The highest BCUT2D eigenvalue weighted by atomic mass is 32.2. The van der Waals surface area contributed by atoms with Crippen molar-refractivity contribution in [3.63, 3.8) is 0 Å². The predicted molar refractivity (Wildman–Crippen MR) is 73.4 cm³/mol. The van der Waals surface area contributed by atoms with E-state index in [4.69, 9.17) is 5.11 Å². The lowest BCUT2D eigenvalue weighted by Gasteiger charge is -2.27. The molecule has 0 bridgehead atoms. The molecule has 0 fully saturated rings. The monoisotopic (exact) mass is 286 g/mol. The SMILES string of the molecule is CCN(c1cccc(C)c1)S(=O)(=O)N(C)CC(=O)O. The van der Waals surface area contributed by atoms with Crippen molar-refractivity contribution >= 4 is 21.9 Å². The zero-order valence-corrected chi connectivity index (χ0v) is 12.0. The number of benzene rings is 1. The largest absolute Gasteiger partial charge is 0.480 e. The molecule has 0 radical (unpaired) electrons. The zero-order chi connectivity index (χ0) is 14.6. The number of aliphatic carboxylic acids is 1. The second-order valence-corrected chi connectivity index (χ2v) is 6.12. The molecule has 6 nitrogen and oxygen atoms in total. The highest BCUT2D eigenvalue weighted by Crippen LogP contribution is 2.20. The molecular formula is C12H18N2O4S. The quantitative estimate of drug-likeness (QED) is 0.849. The van der Waals surface area contributed by atoms with Crippen molar-refractivity contribution in [2.45, 2.75) is 13.8 Å². The summed E-state index contributed by atoms with van der Waals surface area (Å²) >= 11 is 0. The molecule has 106 valence electrons. The van der Waals surface area contributed by atoms with Crippen LogP contribution in [0.25, 0.3) is 0 Å². The number of carbonyl (C=O) groups is 1. The lowest BCUT2D eigenvalue weighted by atomic mass is 10.2. The second-order valence-electron chi connectivity index (χ2n) is 4.16. The molecule has 0 aliphatic heterocycles. The van der Waals surface area contributed by atoms with Crippen LogP contribution in [0, 0.1) is 6.92 Å². The van der Waals surface area contributed by atoms with Crippen molar-refractivity contribution in [3.8, 4) is 0 Å². The summed E-state index contributed by atoms with van der Waals surface area (Å²) in [7, 11) is -2.58. The molecule has 7 heteroatoms. The number of likely N-dealkylation sites (N-methyl/N-ethyl adjacent to an activating group) is 1. The maximum atomic E-state index is 12.3. The van der Waals surface area contributed by atoms with Crippen LogP contribution in [0.4, 0.5) is 5.69 Å². The number of anilines is 1. The van der Waals surface area contributed by atoms with E-state index in [1.807, 2.05) is 13.0 Å². The maximum absolute atomic E-state index is 12.3. The third-order valence-corrected chi connectivity index (χ3v) is 4.55. The van der Waals surface area contributed by atoms with Crippen LogP contribution in [0.1, 0.15) is 12.5 Å². The van der Waals surface area contributed by atoms with Gasteiger partial charge in [-0.05, 0) is 31.5 Å². The molecule has 0 unspecified atom stereocenters. The second kappa shape index (κ2) is 6.03. The van der Waals surface area contributed by atoms with E-state index in [0.717, 1.165) is 9.87 Å². The Hall–Kier alpha value is -1.60. The van der Waals surface area contributed by atoms with E-state index in [1.165, 1.54) is 11.4 Å². The maximum Gasteiger partial charge on any atom is 0.318 e. The van der Waals surface area contributed by atoms with Gasteiger partial charge in [-0.25, -0.2) is 0 Å². The summed E-state index contributed by atoms with van der Waals surface area (Å²) in [5.74, 6) is -1.19. The van der Waals surface area contributed by atoms with Crippen molar-refractivity contribution in [2.24, 2.45) is 0 Å². The Morgan fingerprint density at radius 1 is 1.37 bits per heavy atom. The van der Waals surface area contributed by atoms with E-state index in [-0.39, 0.29) is 6.54 Å². The molecule has 1 N–H and O–H groups in total. The number of carboxylic acid groups (broad SMARTS) is 1. The van der Waals surface area contributed by atoms with Crippen molar-refractivity contribution in [2.75, 3.05) is 24.4 Å². The van der Waals surface area contributed by atoms with Gasteiger partial charge in [-0.1, -0.05) is 12.1 Å². The summed E-state index contributed by atoms with van der Waals surface area (Å²) in [6.07, 6.45) is 0. The summed E-state index contributed by atoms with van der Waals surface area (Å²) in [6, 6.07) is 7.06. The van der Waals surface area contributed by atoms with Gasteiger partial charge < -0.3 is 5.11 Å². The fraction of sp³-hybridized carbons (Fsp3) is 0.417. The highest BCUT2D eigenvalue weighted by Gasteiger charge is 2.27. The summed E-state index contributed by atoms with van der Waals surface area (Å²) in [5, 5.41) is 8.69. The fourth-order valence-electron chi connectivity index (χ4n) is 1.70. The van der Waals surface area contributed by atoms with E-state index in [9.17, 15) is 13.2 Å². The molecule has 0 spiro atoms. The molecule has 1 rings (SSSR count). The van der Waals surface area contributed by atoms with Crippen LogP contribution in [0.2, 0.25) is 0 Å². The van der Waals surface area contributed by atoms with Gasteiger partial charge >= 0.3 is 16.2 Å². The van der Waals surface area contributed by atoms with Gasteiger partial charge in [0.2, 0.25) is 0 Å². The Labute approximate surface area is 113 Å². The lowest BCUT2D eigenvalue weighted by molar-refractivity contribution is -0.137. The Morgan fingerprint density at radius 3 is 2.47 bits per heavy atom. The molecule has 1 aromatic rings. The van der Waals surface area contributed by atoms with Crippen LogP contribution in [-0.4, -0.2) is 43.9 Å². The summed E-state index contributed by atoms with van der Waals surface area (Å²) < 4.78 is 26.6. The number of carboxylic acids is 1. The smallest absolute Gasteiger partial charge is 0.318 e. The van der Waals surface area contributed by atoms with Gasteiger partial charge in [-0.3, -0.25) is 9.10 Å². The van der Waals surface area contributed by atoms with Crippen LogP contribution in [0.5, 0.6) is 0 Å². The van der Waals surface area contributed by atoms with E-state index in [2.05, 4.69) is 0 Å². The summed E-state index contributed by atoms with van der Waals surface area (Å²) in [4.78, 5) is 10.6.